The Labute approximate surface area is 177 Å². The van der Waals surface area contributed by atoms with Crippen molar-refractivity contribution >= 4 is 26.9 Å². The molecule has 0 amide bonds. The summed E-state index contributed by atoms with van der Waals surface area (Å²) in [5.41, 5.74) is 1.38. The van der Waals surface area contributed by atoms with Crippen LogP contribution in [0.4, 0.5) is 5.82 Å². The average Bonchev–Trinajstić information content (AvgIpc) is 3.18. The van der Waals surface area contributed by atoms with E-state index in [1.54, 1.807) is 36.5 Å². The molecule has 1 N–H and O–H groups in total. The zero-order valence-corrected chi connectivity index (χ0v) is 18.4. The minimum Gasteiger partial charge on any atom is -0.396 e. The van der Waals surface area contributed by atoms with Gasteiger partial charge in [-0.15, -0.1) is 0 Å². The van der Waals surface area contributed by atoms with E-state index in [1.165, 1.54) is 10.3 Å². The predicted octanol–water partition coefficient (Wildman–Crippen LogP) is 3.21. The molecule has 8 heteroatoms. The largest absolute Gasteiger partial charge is 0.396 e. The predicted molar refractivity (Wildman–Crippen MR) is 117 cm³/mol. The molecule has 160 valence electrons. The number of hydrogen-bond donors (Lipinski definition) is 1. The molecule has 0 aliphatic heterocycles. The van der Waals surface area contributed by atoms with Crippen LogP contribution in [-0.2, 0) is 10.0 Å². The molecule has 0 bridgehead atoms. The third-order valence-electron chi connectivity index (χ3n) is 6.33. The highest BCUT2D eigenvalue weighted by atomic mass is 32.2. The van der Waals surface area contributed by atoms with Crippen molar-refractivity contribution < 1.29 is 13.5 Å². The lowest BCUT2D eigenvalue weighted by Gasteiger charge is -2.39. The van der Waals surface area contributed by atoms with Crippen LogP contribution in [0.1, 0.15) is 31.7 Å². The van der Waals surface area contributed by atoms with E-state index in [-0.39, 0.29) is 17.5 Å². The molecule has 7 nitrogen and oxygen atoms in total. The second kappa shape index (κ2) is 8.00. The summed E-state index contributed by atoms with van der Waals surface area (Å²) in [6.07, 6.45) is 5.91. The lowest BCUT2D eigenvalue weighted by Crippen LogP contribution is -2.42. The van der Waals surface area contributed by atoms with Gasteiger partial charge in [-0.2, -0.15) is 0 Å². The van der Waals surface area contributed by atoms with E-state index in [0.717, 1.165) is 30.6 Å². The van der Waals surface area contributed by atoms with Crippen LogP contribution in [0, 0.1) is 18.8 Å². The van der Waals surface area contributed by atoms with Gasteiger partial charge in [-0.25, -0.2) is 22.4 Å². The van der Waals surface area contributed by atoms with Crippen molar-refractivity contribution in [2.24, 2.45) is 11.8 Å². The Morgan fingerprint density at radius 3 is 2.57 bits per heavy atom. The summed E-state index contributed by atoms with van der Waals surface area (Å²) in [7, 11) is -1.74. The molecule has 1 aliphatic rings. The van der Waals surface area contributed by atoms with E-state index in [9.17, 15) is 13.5 Å². The Hall–Kier alpha value is -2.45. The van der Waals surface area contributed by atoms with Crippen molar-refractivity contribution in [3.05, 3.63) is 48.4 Å². The minimum atomic E-state index is -3.75. The average molecular weight is 429 g/mol. The van der Waals surface area contributed by atoms with Gasteiger partial charge in [0.05, 0.1) is 10.3 Å². The SMILES string of the molecule is Cc1ccc(S(=O)(=O)n2ccc3c(N(C)C4CCC(CO)CC4C)ncnc32)cc1. The summed E-state index contributed by atoms with van der Waals surface area (Å²) >= 11 is 0. The second-order valence-corrected chi connectivity index (χ2v) is 10.2. The minimum absolute atomic E-state index is 0.232. The third kappa shape index (κ3) is 3.58. The Morgan fingerprint density at radius 2 is 1.90 bits per heavy atom. The van der Waals surface area contributed by atoms with Crippen molar-refractivity contribution in [1.82, 2.24) is 13.9 Å². The molecule has 3 unspecified atom stereocenters. The zero-order chi connectivity index (χ0) is 21.5. The third-order valence-corrected chi connectivity index (χ3v) is 8.01. The number of benzene rings is 1. The molecule has 1 aliphatic carbocycles. The first kappa shape index (κ1) is 20.8. The molecule has 3 aromatic rings. The summed E-state index contributed by atoms with van der Waals surface area (Å²) < 4.78 is 27.6. The fourth-order valence-corrected chi connectivity index (χ4v) is 5.91. The topological polar surface area (TPSA) is 88.3 Å². The number of rotatable bonds is 5. The van der Waals surface area contributed by atoms with Crippen LogP contribution in [0.3, 0.4) is 0 Å². The van der Waals surface area contributed by atoms with Crippen LogP contribution in [0.2, 0.25) is 0 Å². The van der Waals surface area contributed by atoms with Crippen molar-refractivity contribution in [3.8, 4) is 0 Å². The fourth-order valence-electron chi connectivity index (χ4n) is 4.60. The van der Waals surface area contributed by atoms with Gasteiger partial charge in [-0.05, 0) is 56.2 Å². The first-order valence-electron chi connectivity index (χ1n) is 10.3. The summed E-state index contributed by atoms with van der Waals surface area (Å²) in [6.45, 7) is 4.36. The number of aliphatic hydroxyl groups excluding tert-OH is 1. The van der Waals surface area contributed by atoms with Crippen LogP contribution in [0.25, 0.3) is 11.0 Å². The van der Waals surface area contributed by atoms with Gasteiger partial charge in [0.2, 0.25) is 0 Å². The second-order valence-electron chi connectivity index (χ2n) is 8.38. The molecule has 0 saturated heterocycles. The van der Waals surface area contributed by atoms with Crippen LogP contribution in [0.5, 0.6) is 0 Å². The molecule has 3 atom stereocenters. The molecule has 1 fully saturated rings. The highest BCUT2D eigenvalue weighted by Gasteiger charge is 2.31. The lowest BCUT2D eigenvalue weighted by molar-refractivity contribution is 0.153. The maximum absolute atomic E-state index is 13.2. The number of hydrogen-bond acceptors (Lipinski definition) is 6. The standard InChI is InChI=1S/C22H28N4O3S/c1-15-4-7-18(8-5-15)30(28,29)26-11-10-19-21(23-14-24-22(19)26)25(3)20-9-6-17(13-27)12-16(20)2/h4-5,7-8,10-11,14,16-17,20,27H,6,9,12-13H2,1-3H3. The van der Waals surface area contributed by atoms with Gasteiger partial charge in [0.15, 0.2) is 5.65 Å². The van der Waals surface area contributed by atoms with E-state index >= 15 is 0 Å². The molecular weight excluding hydrogens is 400 g/mol. The van der Waals surface area contributed by atoms with E-state index in [2.05, 4.69) is 21.8 Å². The number of nitrogens with zero attached hydrogens (tertiary/aromatic N) is 4. The maximum atomic E-state index is 13.2. The molecule has 30 heavy (non-hydrogen) atoms. The Morgan fingerprint density at radius 1 is 1.17 bits per heavy atom. The van der Waals surface area contributed by atoms with E-state index in [4.69, 9.17) is 0 Å². The van der Waals surface area contributed by atoms with Gasteiger partial charge in [0.1, 0.15) is 12.1 Å². The van der Waals surface area contributed by atoms with E-state index < -0.39 is 10.0 Å². The van der Waals surface area contributed by atoms with Crippen LogP contribution >= 0.6 is 0 Å². The van der Waals surface area contributed by atoms with Gasteiger partial charge in [0, 0.05) is 25.9 Å². The van der Waals surface area contributed by atoms with Crippen molar-refractivity contribution in [2.75, 3.05) is 18.6 Å². The number of aryl methyl sites for hydroxylation is 1. The van der Waals surface area contributed by atoms with Gasteiger partial charge in [0.25, 0.3) is 10.0 Å². The van der Waals surface area contributed by atoms with Crippen LogP contribution in [-0.4, -0.2) is 47.2 Å². The van der Waals surface area contributed by atoms with Crippen LogP contribution < -0.4 is 4.90 Å². The first-order valence-corrected chi connectivity index (χ1v) is 11.7. The molecular formula is C22H28N4O3S. The fraction of sp³-hybridized carbons (Fsp3) is 0.455. The molecule has 2 aromatic heterocycles. The normalized spacial score (nSPS) is 22.3. The van der Waals surface area contributed by atoms with Crippen LogP contribution in [0.15, 0.2) is 47.8 Å². The van der Waals surface area contributed by atoms with Crippen molar-refractivity contribution in [3.63, 3.8) is 0 Å². The highest BCUT2D eigenvalue weighted by Crippen LogP contribution is 2.35. The molecule has 1 saturated carbocycles. The lowest BCUT2D eigenvalue weighted by atomic mass is 9.78. The quantitative estimate of drug-likeness (QED) is 0.671. The smallest absolute Gasteiger partial charge is 0.269 e. The number of aliphatic hydroxyl groups is 1. The van der Waals surface area contributed by atoms with Gasteiger partial charge >= 0.3 is 0 Å². The van der Waals surface area contributed by atoms with Gasteiger partial charge < -0.3 is 10.0 Å². The summed E-state index contributed by atoms with van der Waals surface area (Å²) in [6, 6.07) is 8.87. The highest BCUT2D eigenvalue weighted by molar-refractivity contribution is 7.90. The summed E-state index contributed by atoms with van der Waals surface area (Å²) in [5, 5.41) is 10.2. The molecule has 2 heterocycles. The Bertz CT molecular complexity index is 1140. The number of aromatic nitrogens is 3. The number of anilines is 1. The van der Waals surface area contributed by atoms with Gasteiger partial charge in [-0.3, -0.25) is 0 Å². The van der Waals surface area contributed by atoms with Crippen molar-refractivity contribution in [2.45, 2.75) is 44.0 Å². The molecule has 0 spiro atoms. The van der Waals surface area contributed by atoms with E-state index in [1.807, 2.05) is 14.0 Å². The van der Waals surface area contributed by atoms with E-state index in [0.29, 0.717) is 22.9 Å². The first-order chi connectivity index (χ1) is 14.3. The maximum Gasteiger partial charge on any atom is 0.269 e. The Kier molecular flexibility index (Phi) is 5.55. The van der Waals surface area contributed by atoms with Crippen molar-refractivity contribution in [1.29, 1.82) is 0 Å². The zero-order valence-electron chi connectivity index (χ0n) is 17.6. The number of fused-ring (bicyclic) bond motifs is 1. The molecule has 1 aromatic carbocycles. The molecule has 4 rings (SSSR count). The monoisotopic (exact) mass is 428 g/mol. The molecule has 0 radical (unpaired) electrons. The summed E-state index contributed by atoms with van der Waals surface area (Å²) in [5.74, 6) is 1.50. The summed E-state index contributed by atoms with van der Waals surface area (Å²) in [4.78, 5) is 11.2. The van der Waals surface area contributed by atoms with Gasteiger partial charge in [-0.1, -0.05) is 24.6 Å². The Balaban J connectivity index is 1.71.